The van der Waals surface area contributed by atoms with Gasteiger partial charge in [-0.05, 0) is 12.4 Å². The maximum atomic E-state index is 12.9. The molecule has 9 nitrogen and oxygen atoms in total. The van der Waals surface area contributed by atoms with E-state index in [0.717, 1.165) is 25.4 Å². The van der Waals surface area contributed by atoms with Gasteiger partial charge in [0.2, 0.25) is 5.91 Å². The second-order valence-corrected chi connectivity index (χ2v) is 8.83. The van der Waals surface area contributed by atoms with Crippen molar-refractivity contribution in [3.8, 4) is 18.1 Å². The lowest BCUT2D eigenvalue weighted by Gasteiger charge is -2.29. The number of amidine groups is 1. The number of ether oxygens (including phenoxy) is 1. The van der Waals surface area contributed by atoms with Crippen molar-refractivity contribution in [2.45, 2.75) is 31.7 Å². The summed E-state index contributed by atoms with van der Waals surface area (Å²) in [6.45, 7) is 2.25. The highest BCUT2D eigenvalue weighted by molar-refractivity contribution is 7.90. The van der Waals surface area contributed by atoms with E-state index in [1.807, 2.05) is 0 Å². The molecule has 14 heteroatoms. The molecule has 0 aliphatic rings. The Morgan fingerprint density at radius 1 is 1.45 bits per heavy atom. The lowest BCUT2D eigenvalue weighted by Crippen LogP contribution is -2.59. The number of aliphatic imine (C=N–C) groups is 1. The number of hydrogen-bond acceptors (Lipinski definition) is 6. The average Bonchev–Trinajstić information content (AvgIpc) is 2.57. The first-order valence-electron chi connectivity index (χ1n) is 8.29. The topological polar surface area (TPSA) is 141 Å². The minimum atomic E-state index is -4.90. The number of nitrogens with zero attached hydrogens (tertiary/aromatic N) is 2. The zero-order chi connectivity index (χ0) is 24.2. The van der Waals surface area contributed by atoms with Crippen molar-refractivity contribution in [3.63, 3.8) is 0 Å². The first-order valence-corrected chi connectivity index (χ1v) is 10.3. The third-order valence-electron chi connectivity index (χ3n) is 3.60. The van der Waals surface area contributed by atoms with Crippen LogP contribution in [0.3, 0.4) is 0 Å². The van der Waals surface area contributed by atoms with Crippen LogP contribution in [0.25, 0.3) is 0 Å². The SMILES string of the molecule is [B]c1cnc(C(=O)NC(C)(CS(C)(=O)=O)C(N)=NC(C)=O)cc1O[C@@H](C#C)C(F)(F)F. The molecule has 0 fully saturated rings. The van der Waals surface area contributed by atoms with Crippen molar-refractivity contribution in [3.05, 3.63) is 18.0 Å². The number of pyridine rings is 1. The van der Waals surface area contributed by atoms with Crippen molar-refractivity contribution in [2.75, 3.05) is 12.0 Å². The summed E-state index contributed by atoms with van der Waals surface area (Å²) in [7, 11) is 1.80. The number of aromatic nitrogens is 1. The molecule has 0 saturated heterocycles. The molecule has 0 spiro atoms. The van der Waals surface area contributed by atoms with E-state index in [0.29, 0.717) is 0 Å². The van der Waals surface area contributed by atoms with Gasteiger partial charge in [-0.2, -0.15) is 18.2 Å². The summed E-state index contributed by atoms with van der Waals surface area (Å²) in [6, 6.07) is 0.792. The first kappa shape index (κ1) is 26.0. The number of rotatable bonds is 7. The van der Waals surface area contributed by atoms with Gasteiger partial charge in [0.1, 0.15) is 40.5 Å². The molecule has 2 atom stereocenters. The number of amides is 2. The molecular weight excluding hydrogens is 440 g/mol. The van der Waals surface area contributed by atoms with Crippen LogP contribution in [-0.2, 0) is 14.6 Å². The maximum absolute atomic E-state index is 12.9. The van der Waals surface area contributed by atoms with Crippen LogP contribution in [0.1, 0.15) is 24.3 Å². The Hall–Kier alpha value is -3.08. The molecule has 1 aromatic rings. The normalized spacial score (nSPS) is 15.3. The van der Waals surface area contributed by atoms with Crippen LogP contribution in [-0.4, -0.2) is 68.7 Å². The maximum Gasteiger partial charge on any atom is 0.437 e. The van der Waals surface area contributed by atoms with Gasteiger partial charge in [-0.1, -0.05) is 5.92 Å². The first-order chi connectivity index (χ1) is 14.0. The second-order valence-electron chi connectivity index (χ2n) is 6.69. The van der Waals surface area contributed by atoms with E-state index in [2.05, 4.69) is 20.0 Å². The van der Waals surface area contributed by atoms with Crippen LogP contribution in [0.4, 0.5) is 13.2 Å². The van der Waals surface area contributed by atoms with Gasteiger partial charge in [-0.3, -0.25) is 14.6 Å². The Morgan fingerprint density at radius 2 is 2.03 bits per heavy atom. The number of nitrogens with two attached hydrogens (primary N) is 1. The van der Waals surface area contributed by atoms with E-state index in [1.54, 1.807) is 0 Å². The molecule has 166 valence electrons. The molecule has 2 radical (unpaired) electrons. The number of hydrogen-bond donors (Lipinski definition) is 2. The van der Waals surface area contributed by atoms with Crippen molar-refractivity contribution < 1.29 is 35.9 Å². The van der Waals surface area contributed by atoms with Crippen molar-refractivity contribution in [1.29, 1.82) is 0 Å². The summed E-state index contributed by atoms with van der Waals surface area (Å²) in [5, 5.41) is 2.27. The quantitative estimate of drug-likeness (QED) is 0.237. The van der Waals surface area contributed by atoms with E-state index >= 15 is 0 Å². The van der Waals surface area contributed by atoms with Crippen LogP contribution in [0.2, 0.25) is 0 Å². The lowest BCUT2D eigenvalue weighted by atomic mass is 9.96. The summed E-state index contributed by atoms with van der Waals surface area (Å²) in [5.74, 6) is -2.21. The zero-order valence-corrected chi connectivity index (χ0v) is 17.5. The van der Waals surface area contributed by atoms with Crippen LogP contribution < -0.4 is 21.3 Å². The molecule has 31 heavy (non-hydrogen) atoms. The average molecular weight is 458 g/mol. The number of carbonyl (C=O) groups is 2. The molecule has 3 N–H and O–H groups in total. The van der Waals surface area contributed by atoms with Crippen LogP contribution >= 0.6 is 0 Å². The fourth-order valence-electron chi connectivity index (χ4n) is 2.30. The van der Waals surface area contributed by atoms with Crippen LogP contribution in [0, 0.1) is 12.3 Å². The Bertz CT molecular complexity index is 1050. The molecule has 1 unspecified atom stereocenters. The predicted octanol–water partition coefficient (Wildman–Crippen LogP) is -0.745. The Morgan fingerprint density at radius 3 is 2.48 bits per heavy atom. The zero-order valence-electron chi connectivity index (χ0n) is 16.6. The number of terminal acetylenes is 1. The molecule has 0 bridgehead atoms. The summed E-state index contributed by atoms with van der Waals surface area (Å²) in [5.41, 5.74) is 3.05. The van der Waals surface area contributed by atoms with E-state index in [1.165, 1.54) is 12.8 Å². The molecular formula is C17H18BF3N4O5S. The van der Waals surface area contributed by atoms with Gasteiger partial charge in [0, 0.05) is 25.4 Å². The molecule has 1 aromatic heterocycles. The summed E-state index contributed by atoms with van der Waals surface area (Å²) in [6.07, 6.45) is -0.993. The number of halogens is 3. The highest BCUT2D eigenvalue weighted by Crippen LogP contribution is 2.24. The van der Waals surface area contributed by atoms with Crippen molar-refractivity contribution in [1.82, 2.24) is 10.3 Å². The predicted molar refractivity (Wildman–Crippen MR) is 107 cm³/mol. The van der Waals surface area contributed by atoms with Crippen LogP contribution in [0.5, 0.6) is 5.75 Å². The van der Waals surface area contributed by atoms with E-state index < -0.39 is 62.5 Å². The fourth-order valence-corrected chi connectivity index (χ4v) is 3.57. The molecule has 2 amide bonds. The molecule has 1 rings (SSSR count). The summed E-state index contributed by atoms with van der Waals surface area (Å²) in [4.78, 5) is 31.0. The Labute approximate surface area is 178 Å². The number of carbonyl (C=O) groups excluding carboxylic acids is 2. The monoisotopic (exact) mass is 458 g/mol. The number of nitrogens with one attached hydrogen (secondary N) is 1. The van der Waals surface area contributed by atoms with Gasteiger partial charge in [0.25, 0.3) is 12.0 Å². The van der Waals surface area contributed by atoms with Crippen LogP contribution in [0.15, 0.2) is 17.3 Å². The second kappa shape index (κ2) is 9.38. The van der Waals surface area contributed by atoms with Crippen molar-refractivity contribution in [2.24, 2.45) is 10.7 Å². The standard InChI is InChI=1S/C17H18BF3N4O5S/c1-5-13(17(19,20)21)30-12-6-11(23-7-10(12)18)14(27)25-16(3,8-31(4,28)29)15(22)24-9(2)26/h1,6-7,13H,8H2,2-4H3,(H,25,27)(H2,22,24,26)/t13-,16?/m0/s1. The van der Waals surface area contributed by atoms with Crippen molar-refractivity contribution >= 4 is 40.8 Å². The van der Waals surface area contributed by atoms with Gasteiger partial charge in [-0.15, -0.1) is 6.42 Å². The molecule has 0 saturated carbocycles. The summed E-state index contributed by atoms with van der Waals surface area (Å²) < 4.78 is 66.8. The van der Waals surface area contributed by atoms with E-state index in [-0.39, 0.29) is 5.46 Å². The molecule has 0 aliphatic heterocycles. The molecule has 0 aliphatic carbocycles. The largest absolute Gasteiger partial charge is 0.469 e. The highest BCUT2D eigenvalue weighted by atomic mass is 32.2. The molecule has 0 aromatic carbocycles. The highest BCUT2D eigenvalue weighted by Gasteiger charge is 2.41. The van der Waals surface area contributed by atoms with Gasteiger partial charge in [-0.25, -0.2) is 8.42 Å². The van der Waals surface area contributed by atoms with Gasteiger partial charge in [0.05, 0.1) is 5.75 Å². The van der Waals surface area contributed by atoms with Gasteiger partial charge < -0.3 is 15.8 Å². The summed E-state index contributed by atoms with van der Waals surface area (Å²) >= 11 is 0. The van der Waals surface area contributed by atoms with Gasteiger partial charge in [0.15, 0.2) is 0 Å². The minimum absolute atomic E-state index is 0.336. The minimum Gasteiger partial charge on any atom is -0.469 e. The third kappa shape index (κ3) is 7.60. The smallest absolute Gasteiger partial charge is 0.437 e. The van der Waals surface area contributed by atoms with Gasteiger partial charge >= 0.3 is 6.18 Å². The van der Waals surface area contributed by atoms with E-state index in [4.69, 9.17) is 20.0 Å². The lowest BCUT2D eigenvalue weighted by molar-refractivity contribution is -0.176. The Balaban J connectivity index is 3.32. The number of alkyl halides is 3. The fraction of sp³-hybridized carbons (Fsp3) is 0.412. The third-order valence-corrected chi connectivity index (χ3v) is 4.71. The Kier molecular flexibility index (Phi) is 7.85. The van der Waals surface area contributed by atoms with E-state index in [9.17, 15) is 31.2 Å². The number of sulfone groups is 1. The molecule has 1 heterocycles.